The molecule has 9 nitrogen and oxygen atoms in total. The highest BCUT2D eigenvalue weighted by molar-refractivity contribution is 6.20. The number of ether oxygens (including phenoxy) is 1. The SMILES string of the molecule is O=C(NCCC(O)C(=O)C12C(=O)N(O)C(=O)C1C1C=CC2C1)OCc1ccccc1. The molecule has 1 heterocycles. The van der Waals surface area contributed by atoms with Gasteiger partial charge in [0.2, 0.25) is 0 Å². The number of hydrogen-bond acceptors (Lipinski definition) is 7. The summed E-state index contributed by atoms with van der Waals surface area (Å²) in [5.41, 5.74) is -0.950. The number of hydroxylamine groups is 2. The standard InChI is InChI=1S/C21H22N2O7/c24-15(8-9-22-20(28)30-11-12-4-2-1-3-5-12)17(25)21-14-7-6-13(10-14)16(21)18(26)23(29)19(21)27/h1-7,13-16,24,29H,8-11H2,(H,22,28). The van der Waals surface area contributed by atoms with Crippen LogP contribution in [0.4, 0.5) is 4.79 Å². The summed E-state index contributed by atoms with van der Waals surface area (Å²) in [6.45, 7) is 0.0213. The summed E-state index contributed by atoms with van der Waals surface area (Å²) < 4.78 is 5.06. The molecule has 5 atom stereocenters. The number of benzene rings is 1. The molecule has 4 rings (SSSR count). The average molecular weight is 414 g/mol. The number of nitrogens with zero attached hydrogens (tertiary/aromatic N) is 1. The molecule has 30 heavy (non-hydrogen) atoms. The van der Waals surface area contributed by atoms with Crippen molar-refractivity contribution in [3.05, 3.63) is 48.0 Å². The third kappa shape index (κ3) is 3.01. The van der Waals surface area contributed by atoms with E-state index >= 15 is 0 Å². The number of hydrogen-bond donors (Lipinski definition) is 3. The van der Waals surface area contributed by atoms with Gasteiger partial charge >= 0.3 is 6.09 Å². The highest BCUT2D eigenvalue weighted by Gasteiger charge is 2.73. The van der Waals surface area contributed by atoms with Crippen molar-refractivity contribution in [2.24, 2.45) is 23.2 Å². The normalized spacial score (nSPS) is 29.8. The van der Waals surface area contributed by atoms with E-state index in [0.717, 1.165) is 5.56 Å². The maximum atomic E-state index is 13.1. The van der Waals surface area contributed by atoms with Crippen LogP contribution in [0, 0.1) is 23.2 Å². The van der Waals surface area contributed by atoms with Gasteiger partial charge in [-0.05, 0) is 30.2 Å². The predicted molar refractivity (Wildman–Crippen MR) is 101 cm³/mol. The van der Waals surface area contributed by atoms with Crippen LogP contribution in [-0.4, -0.2) is 51.7 Å². The molecule has 0 spiro atoms. The van der Waals surface area contributed by atoms with Gasteiger partial charge in [-0.15, -0.1) is 0 Å². The number of allylic oxidation sites excluding steroid dienone is 2. The Labute approximate surface area is 172 Å². The minimum Gasteiger partial charge on any atom is -0.445 e. The molecule has 1 aromatic rings. The molecule has 3 N–H and O–H groups in total. The van der Waals surface area contributed by atoms with Crippen molar-refractivity contribution in [2.75, 3.05) is 6.54 Å². The van der Waals surface area contributed by atoms with Gasteiger partial charge in [-0.1, -0.05) is 42.5 Å². The van der Waals surface area contributed by atoms with Crippen LogP contribution < -0.4 is 5.32 Å². The molecule has 2 fully saturated rings. The topological polar surface area (TPSA) is 133 Å². The third-order valence-electron chi connectivity index (χ3n) is 6.25. The molecule has 9 heteroatoms. The number of rotatable bonds is 7. The van der Waals surface area contributed by atoms with E-state index in [4.69, 9.17) is 4.74 Å². The zero-order chi connectivity index (χ0) is 21.5. The second-order valence-electron chi connectivity index (χ2n) is 7.85. The first-order valence-electron chi connectivity index (χ1n) is 9.80. The third-order valence-corrected chi connectivity index (χ3v) is 6.25. The van der Waals surface area contributed by atoms with Gasteiger partial charge in [-0.2, -0.15) is 5.06 Å². The first kappa shape index (κ1) is 20.2. The van der Waals surface area contributed by atoms with E-state index in [2.05, 4.69) is 5.32 Å². The van der Waals surface area contributed by atoms with Crippen molar-refractivity contribution in [3.63, 3.8) is 0 Å². The highest BCUT2D eigenvalue weighted by atomic mass is 16.5. The molecular weight excluding hydrogens is 392 g/mol. The van der Waals surface area contributed by atoms with Crippen molar-refractivity contribution in [3.8, 4) is 0 Å². The Morgan fingerprint density at radius 1 is 1.23 bits per heavy atom. The summed E-state index contributed by atoms with van der Waals surface area (Å²) in [4.78, 5) is 49.9. The quantitative estimate of drug-likeness (QED) is 0.260. The number of nitrogens with one attached hydrogen (secondary N) is 1. The second kappa shape index (κ2) is 7.66. The van der Waals surface area contributed by atoms with E-state index in [-0.39, 0.29) is 30.6 Å². The van der Waals surface area contributed by atoms with Crippen molar-refractivity contribution in [2.45, 2.75) is 25.6 Å². The van der Waals surface area contributed by atoms with E-state index in [0.29, 0.717) is 6.42 Å². The number of amides is 3. The lowest BCUT2D eigenvalue weighted by molar-refractivity contribution is -0.176. The number of Topliss-reactive ketones (excluding diaryl/α,β-unsaturated/α-hetero) is 1. The largest absolute Gasteiger partial charge is 0.445 e. The van der Waals surface area contributed by atoms with Crippen molar-refractivity contribution in [1.82, 2.24) is 10.4 Å². The summed E-state index contributed by atoms with van der Waals surface area (Å²) >= 11 is 0. The molecule has 0 aromatic heterocycles. The van der Waals surface area contributed by atoms with Gasteiger partial charge in [0, 0.05) is 6.54 Å². The fourth-order valence-corrected chi connectivity index (χ4v) is 4.89. The van der Waals surface area contributed by atoms with Gasteiger partial charge in [0.1, 0.15) is 18.1 Å². The summed E-state index contributed by atoms with van der Waals surface area (Å²) in [6.07, 6.45) is 1.52. The van der Waals surface area contributed by atoms with Crippen LogP contribution in [0.15, 0.2) is 42.5 Å². The smallest absolute Gasteiger partial charge is 0.407 e. The number of carbonyl (C=O) groups is 4. The summed E-state index contributed by atoms with van der Waals surface area (Å²) in [7, 11) is 0. The van der Waals surface area contributed by atoms with Crippen molar-refractivity contribution in [1.29, 1.82) is 0 Å². The molecule has 1 saturated carbocycles. The van der Waals surface area contributed by atoms with Crippen molar-refractivity contribution < 1.29 is 34.2 Å². The molecule has 3 aliphatic rings. The zero-order valence-corrected chi connectivity index (χ0v) is 16.1. The summed E-state index contributed by atoms with van der Waals surface area (Å²) in [5, 5.41) is 22.7. The number of imide groups is 1. The number of aliphatic hydroxyl groups excluding tert-OH is 1. The highest BCUT2D eigenvalue weighted by Crippen LogP contribution is 2.61. The first-order valence-corrected chi connectivity index (χ1v) is 9.80. The first-order chi connectivity index (χ1) is 14.4. The molecule has 1 aliphatic heterocycles. The fraction of sp³-hybridized carbons (Fsp3) is 0.429. The lowest BCUT2D eigenvalue weighted by Gasteiger charge is -2.32. The van der Waals surface area contributed by atoms with Crippen LogP contribution in [-0.2, 0) is 25.7 Å². The van der Waals surface area contributed by atoms with Crippen LogP contribution in [0.2, 0.25) is 0 Å². The van der Waals surface area contributed by atoms with Gasteiger partial charge in [-0.3, -0.25) is 19.6 Å². The van der Waals surface area contributed by atoms with Crippen molar-refractivity contribution >= 4 is 23.7 Å². The molecule has 3 amide bonds. The summed E-state index contributed by atoms with van der Waals surface area (Å²) in [6, 6.07) is 9.09. The Morgan fingerprint density at radius 2 is 1.97 bits per heavy atom. The number of aliphatic hydroxyl groups is 1. The second-order valence-corrected chi connectivity index (χ2v) is 7.85. The molecule has 0 radical (unpaired) electrons. The number of carbonyl (C=O) groups excluding carboxylic acids is 4. The molecule has 158 valence electrons. The Hall–Kier alpha value is -3.04. The maximum Gasteiger partial charge on any atom is 0.407 e. The molecular formula is C21H22N2O7. The van der Waals surface area contributed by atoms with Crippen LogP contribution >= 0.6 is 0 Å². The van der Waals surface area contributed by atoms with Crippen LogP contribution in [0.25, 0.3) is 0 Å². The lowest BCUT2D eigenvalue weighted by atomic mass is 9.65. The Morgan fingerprint density at radius 3 is 2.70 bits per heavy atom. The predicted octanol–water partition coefficient (Wildman–Crippen LogP) is 0.799. The number of alkyl carbamates (subject to hydrolysis) is 1. The van der Waals surface area contributed by atoms with E-state index < -0.39 is 47.0 Å². The number of ketones is 1. The van der Waals surface area contributed by atoms with Crippen LogP contribution in [0.3, 0.4) is 0 Å². The van der Waals surface area contributed by atoms with Gasteiger partial charge in [0.25, 0.3) is 11.8 Å². The number of fused-ring (bicyclic) bond motifs is 5. The van der Waals surface area contributed by atoms with Gasteiger partial charge in [-0.25, -0.2) is 4.79 Å². The van der Waals surface area contributed by atoms with Gasteiger partial charge in [0.15, 0.2) is 5.78 Å². The molecule has 1 aromatic carbocycles. The minimum atomic E-state index is -1.77. The molecule has 1 saturated heterocycles. The lowest BCUT2D eigenvalue weighted by Crippen LogP contribution is -2.51. The Kier molecular flexibility index (Phi) is 5.17. The monoisotopic (exact) mass is 414 g/mol. The van der Waals surface area contributed by atoms with Gasteiger partial charge in [0.05, 0.1) is 5.92 Å². The Balaban J connectivity index is 1.35. The average Bonchev–Trinajstić information content (AvgIpc) is 3.41. The van der Waals surface area contributed by atoms with Crippen LogP contribution in [0.5, 0.6) is 0 Å². The van der Waals surface area contributed by atoms with E-state index in [1.54, 1.807) is 24.3 Å². The fourth-order valence-electron chi connectivity index (χ4n) is 4.89. The van der Waals surface area contributed by atoms with E-state index in [1.807, 2.05) is 18.2 Å². The maximum absolute atomic E-state index is 13.1. The Bertz CT molecular complexity index is 915. The minimum absolute atomic E-state index is 0.0145. The zero-order valence-electron chi connectivity index (χ0n) is 16.1. The van der Waals surface area contributed by atoms with Crippen LogP contribution in [0.1, 0.15) is 18.4 Å². The molecule has 2 aliphatic carbocycles. The van der Waals surface area contributed by atoms with E-state index in [9.17, 15) is 29.5 Å². The molecule has 5 unspecified atom stereocenters. The van der Waals surface area contributed by atoms with E-state index in [1.165, 1.54) is 0 Å². The van der Waals surface area contributed by atoms with Gasteiger partial charge < -0.3 is 15.2 Å². The summed E-state index contributed by atoms with van der Waals surface area (Å²) in [5.74, 6) is -4.42. The molecule has 2 bridgehead atoms.